The van der Waals surface area contributed by atoms with Crippen LogP contribution in [0.25, 0.3) is 0 Å². The highest BCUT2D eigenvalue weighted by Crippen LogP contribution is 2.39. The lowest BCUT2D eigenvalue weighted by atomic mass is 10.2. The fraction of sp³-hybridized carbons (Fsp3) is 0.533. The summed E-state index contributed by atoms with van der Waals surface area (Å²) in [4.78, 5) is 11.1. The second-order valence-corrected chi connectivity index (χ2v) is 5.02. The molecule has 1 aliphatic rings. The molecule has 1 aromatic rings. The molecular formula is C15H21NO5. The van der Waals surface area contributed by atoms with E-state index in [2.05, 4.69) is 5.32 Å². The molecular weight excluding hydrogens is 274 g/mol. The molecule has 0 aromatic heterocycles. The first-order chi connectivity index (χ1) is 10.1. The first-order valence-corrected chi connectivity index (χ1v) is 6.89. The fourth-order valence-corrected chi connectivity index (χ4v) is 2.58. The van der Waals surface area contributed by atoms with Gasteiger partial charge in [0.15, 0.2) is 11.5 Å². The molecule has 0 bridgehead atoms. The minimum Gasteiger partial charge on any atom is -0.493 e. The van der Waals surface area contributed by atoms with Crippen LogP contribution < -0.4 is 19.5 Å². The Morgan fingerprint density at radius 3 is 2.38 bits per heavy atom. The van der Waals surface area contributed by atoms with Crippen molar-refractivity contribution in [1.82, 2.24) is 5.32 Å². The SMILES string of the molecule is COc1cccc(OC)c1O[C@@H]1CC[C@@H](NC(C)=O)[C@H]1O. The fourth-order valence-electron chi connectivity index (χ4n) is 2.58. The maximum atomic E-state index is 11.1. The number of amides is 1. The zero-order valence-electron chi connectivity index (χ0n) is 12.5. The molecule has 1 fully saturated rings. The van der Waals surface area contributed by atoms with Crippen LogP contribution in [0.3, 0.4) is 0 Å². The summed E-state index contributed by atoms with van der Waals surface area (Å²) >= 11 is 0. The Morgan fingerprint density at radius 2 is 1.86 bits per heavy atom. The van der Waals surface area contributed by atoms with Crippen LogP contribution in [0.4, 0.5) is 0 Å². The van der Waals surface area contributed by atoms with Gasteiger partial charge in [-0.3, -0.25) is 4.79 Å². The molecule has 3 atom stereocenters. The van der Waals surface area contributed by atoms with Crippen LogP contribution in [0.15, 0.2) is 18.2 Å². The predicted octanol–water partition coefficient (Wildman–Crippen LogP) is 1.11. The first-order valence-electron chi connectivity index (χ1n) is 6.89. The lowest BCUT2D eigenvalue weighted by Crippen LogP contribution is -2.43. The number of nitrogens with one attached hydrogen (secondary N) is 1. The Kier molecular flexibility index (Phi) is 4.90. The molecule has 21 heavy (non-hydrogen) atoms. The molecule has 6 nitrogen and oxygen atoms in total. The Labute approximate surface area is 124 Å². The van der Waals surface area contributed by atoms with Crippen molar-refractivity contribution >= 4 is 5.91 Å². The third-order valence-electron chi connectivity index (χ3n) is 3.60. The molecule has 0 heterocycles. The van der Waals surface area contributed by atoms with Gasteiger partial charge in [-0.15, -0.1) is 0 Å². The van der Waals surface area contributed by atoms with Gasteiger partial charge in [-0.2, -0.15) is 0 Å². The molecule has 1 aromatic carbocycles. The van der Waals surface area contributed by atoms with Crippen molar-refractivity contribution in [1.29, 1.82) is 0 Å². The van der Waals surface area contributed by atoms with Crippen LogP contribution in [0.2, 0.25) is 0 Å². The average Bonchev–Trinajstić information content (AvgIpc) is 2.80. The number of benzene rings is 1. The van der Waals surface area contributed by atoms with Crippen LogP contribution in [0.1, 0.15) is 19.8 Å². The summed E-state index contributed by atoms with van der Waals surface area (Å²) in [6.07, 6.45) is 0.145. The normalized spacial score (nSPS) is 24.5. The van der Waals surface area contributed by atoms with Crippen molar-refractivity contribution in [2.24, 2.45) is 0 Å². The van der Waals surface area contributed by atoms with E-state index < -0.39 is 12.2 Å². The predicted molar refractivity (Wildman–Crippen MR) is 76.8 cm³/mol. The molecule has 0 unspecified atom stereocenters. The Bertz CT molecular complexity index is 483. The van der Waals surface area contributed by atoms with Crippen LogP contribution in [0, 0.1) is 0 Å². The van der Waals surface area contributed by atoms with Crippen LogP contribution in [0.5, 0.6) is 17.2 Å². The number of ether oxygens (including phenoxy) is 3. The quantitative estimate of drug-likeness (QED) is 0.851. The number of methoxy groups -OCH3 is 2. The molecule has 0 radical (unpaired) electrons. The van der Waals surface area contributed by atoms with Gasteiger partial charge in [-0.25, -0.2) is 0 Å². The second kappa shape index (κ2) is 6.67. The van der Waals surface area contributed by atoms with E-state index in [1.165, 1.54) is 6.92 Å². The van der Waals surface area contributed by atoms with Gasteiger partial charge in [0.2, 0.25) is 11.7 Å². The number of carbonyl (C=O) groups excluding carboxylic acids is 1. The number of para-hydroxylation sites is 1. The molecule has 0 aliphatic heterocycles. The van der Waals surface area contributed by atoms with E-state index in [4.69, 9.17) is 14.2 Å². The Hall–Kier alpha value is -1.95. The van der Waals surface area contributed by atoms with Crippen molar-refractivity contribution in [3.63, 3.8) is 0 Å². The standard InChI is InChI=1S/C15H21NO5/c1-9(17)16-10-7-8-11(14(10)18)21-15-12(19-2)5-4-6-13(15)20-3/h4-6,10-11,14,18H,7-8H2,1-3H3,(H,16,17)/t10-,11-,14-/m1/s1. The van der Waals surface area contributed by atoms with E-state index in [0.29, 0.717) is 30.1 Å². The van der Waals surface area contributed by atoms with E-state index in [1.54, 1.807) is 32.4 Å². The molecule has 2 N–H and O–H groups in total. The summed E-state index contributed by atoms with van der Waals surface area (Å²) < 4.78 is 16.4. The molecule has 116 valence electrons. The smallest absolute Gasteiger partial charge is 0.217 e. The maximum Gasteiger partial charge on any atom is 0.217 e. The summed E-state index contributed by atoms with van der Waals surface area (Å²) in [6.45, 7) is 1.43. The third-order valence-corrected chi connectivity index (χ3v) is 3.60. The third kappa shape index (κ3) is 3.39. The number of carbonyl (C=O) groups is 1. The minimum atomic E-state index is -0.761. The van der Waals surface area contributed by atoms with Gasteiger partial charge in [0.05, 0.1) is 20.3 Å². The number of hydrogen-bond donors (Lipinski definition) is 2. The average molecular weight is 295 g/mol. The second-order valence-electron chi connectivity index (χ2n) is 5.02. The zero-order chi connectivity index (χ0) is 15.4. The zero-order valence-corrected chi connectivity index (χ0v) is 12.5. The molecule has 0 spiro atoms. The number of aliphatic hydroxyl groups is 1. The molecule has 1 amide bonds. The van der Waals surface area contributed by atoms with Gasteiger partial charge < -0.3 is 24.6 Å². The summed E-state index contributed by atoms with van der Waals surface area (Å²) in [5.74, 6) is 1.40. The monoisotopic (exact) mass is 295 g/mol. The van der Waals surface area contributed by atoms with Crippen molar-refractivity contribution in [2.45, 2.75) is 38.0 Å². The van der Waals surface area contributed by atoms with E-state index in [9.17, 15) is 9.90 Å². The minimum absolute atomic E-state index is 0.158. The summed E-state index contributed by atoms with van der Waals surface area (Å²) in [5, 5.41) is 13.0. The van der Waals surface area contributed by atoms with Crippen molar-refractivity contribution in [3.05, 3.63) is 18.2 Å². The number of hydrogen-bond acceptors (Lipinski definition) is 5. The van der Waals surface area contributed by atoms with Gasteiger partial charge in [0.25, 0.3) is 0 Å². The van der Waals surface area contributed by atoms with Crippen molar-refractivity contribution in [2.75, 3.05) is 14.2 Å². The van der Waals surface area contributed by atoms with Crippen LogP contribution in [-0.4, -0.2) is 43.5 Å². The molecule has 6 heteroatoms. The first kappa shape index (κ1) is 15.4. The summed E-state index contributed by atoms with van der Waals surface area (Å²) in [7, 11) is 3.10. The lowest BCUT2D eigenvalue weighted by molar-refractivity contribution is -0.120. The molecule has 0 saturated heterocycles. The van der Waals surface area contributed by atoms with Gasteiger partial charge >= 0.3 is 0 Å². The molecule has 1 aliphatic carbocycles. The van der Waals surface area contributed by atoms with Gasteiger partial charge in [0.1, 0.15) is 12.2 Å². The Morgan fingerprint density at radius 1 is 1.24 bits per heavy atom. The van der Waals surface area contributed by atoms with Gasteiger partial charge in [-0.05, 0) is 25.0 Å². The van der Waals surface area contributed by atoms with Crippen LogP contribution >= 0.6 is 0 Å². The summed E-state index contributed by atoms with van der Waals surface area (Å²) in [5.41, 5.74) is 0. The van der Waals surface area contributed by atoms with Crippen molar-refractivity contribution < 1.29 is 24.1 Å². The number of aliphatic hydroxyl groups excluding tert-OH is 1. The lowest BCUT2D eigenvalue weighted by Gasteiger charge is -2.23. The van der Waals surface area contributed by atoms with E-state index in [0.717, 1.165) is 0 Å². The highest BCUT2D eigenvalue weighted by atomic mass is 16.5. The highest BCUT2D eigenvalue weighted by Gasteiger charge is 2.37. The van der Waals surface area contributed by atoms with Gasteiger partial charge in [-0.1, -0.05) is 6.07 Å². The van der Waals surface area contributed by atoms with E-state index in [1.807, 2.05) is 0 Å². The topological polar surface area (TPSA) is 77.0 Å². The summed E-state index contributed by atoms with van der Waals surface area (Å²) in [6, 6.07) is 5.05. The number of rotatable bonds is 5. The van der Waals surface area contributed by atoms with Gasteiger partial charge in [0, 0.05) is 6.92 Å². The van der Waals surface area contributed by atoms with E-state index in [-0.39, 0.29) is 11.9 Å². The van der Waals surface area contributed by atoms with E-state index >= 15 is 0 Å². The Balaban J connectivity index is 2.14. The molecule has 1 saturated carbocycles. The van der Waals surface area contributed by atoms with Crippen LogP contribution in [-0.2, 0) is 4.79 Å². The maximum absolute atomic E-state index is 11.1. The van der Waals surface area contributed by atoms with Crippen molar-refractivity contribution in [3.8, 4) is 17.2 Å². The molecule has 2 rings (SSSR count). The largest absolute Gasteiger partial charge is 0.493 e. The highest BCUT2D eigenvalue weighted by molar-refractivity contribution is 5.73.